The minimum Gasteiger partial charge on any atom is -0.507 e. The number of carbonyl (C=O) groups is 1. The predicted octanol–water partition coefficient (Wildman–Crippen LogP) is 4.09. The monoisotopic (exact) mass is 430 g/mol. The molecule has 3 aromatic rings. The van der Waals surface area contributed by atoms with Crippen LogP contribution >= 0.6 is 0 Å². The van der Waals surface area contributed by atoms with E-state index in [4.69, 9.17) is 4.74 Å². The second-order valence-corrected chi connectivity index (χ2v) is 8.66. The number of piperidine rings is 3. The summed E-state index contributed by atoms with van der Waals surface area (Å²) in [5.41, 5.74) is 1.41. The first-order chi connectivity index (χ1) is 15.5. The summed E-state index contributed by atoms with van der Waals surface area (Å²) in [6.45, 7) is 5.86. The second-order valence-electron chi connectivity index (χ2n) is 8.66. The van der Waals surface area contributed by atoms with Crippen LogP contribution in [0.2, 0.25) is 0 Å². The number of aliphatic hydroxyl groups excluding tert-OH is 1. The van der Waals surface area contributed by atoms with Crippen molar-refractivity contribution < 1.29 is 19.7 Å². The molecule has 5 atom stereocenters. The summed E-state index contributed by atoms with van der Waals surface area (Å²) >= 11 is 0. The predicted molar refractivity (Wildman–Crippen MR) is 122 cm³/mol. The van der Waals surface area contributed by atoms with Gasteiger partial charge in [0, 0.05) is 24.0 Å². The fraction of sp³-hybridized carbons (Fsp3) is 0.308. The largest absolute Gasteiger partial charge is 0.507 e. The number of aliphatic hydroxyl groups is 1. The molecule has 6 rings (SSSR count). The van der Waals surface area contributed by atoms with E-state index >= 15 is 0 Å². The van der Waals surface area contributed by atoms with E-state index in [1.54, 1.807) is 18.2 Å². The minimum atomic E-state index is -0.737. The van der Waals surface area contributed by atoms with Gasteiger partial charge in [-0.15, -0.1) is 6.58 Å². The van der Waals surface area contributed by atoms with E-state index in [1.165, 1.54) is 12.1 Å². The van der Waals surface area contributed by atoms with Crippen LogP contribution in [0.25, 0.3) is 10.9 Å². The smallest absolute Gasteiger partial charge is 0.348 e. The van der Waals surface area contributed by atoms with Crippen molar-refractivity contribution in [3.63, 3.8) is 0 Å². The maximum Gasteiger partial charge on any atom is 0.348 e. The maximum absolute atomic E-state index is 12.6. The molecule has 3 saturated heterocycles. The van der Waals surface area contributed by atoms with Crippen molar-refractivity contribution >= 4 is 16.9 Å². The number of fused-ring (bicyclic) bond motifs is 4. The molecule has 3 aliphatic rings. The highest BCUT2D eigenvalue weighted by Crippen LogP contribution is 2.42. The van der Waals surface area contributed by atoms with Crippen LogP contribution < -0.4 is 4.74 Å². The number of para-hydroxylation sites is 2. The van der Waals surface area contributed by atoms with E-state index in [-0.39, 0.29) is 23.2 Å². The standard InChI is InChI=1S/C26H26N2O4/c1-2-16-15-28-12-11-17(16)13-22(28)25(30)20-14-24(27-21-9-5-3-7-18(20)21)32-26(31)19-8-4-6-10-23(19)29/h2-10,14,16-17,22,25,29-30H,1,11-13,15H2/t16-,17+,22+,25-/m1/s1. The molecule has 0 spiro atoms. The first kappa shape index (κ1) is 20.7. The molecule has 0 saturated carbocycles. The molecule has 1 unspecified atom stereocenters. The molecule has 1 aromatic heterocycles. The average Bonchev–Trinajstić information content (AvgIpc) is 2.83. The Morgan fingerprint density at radius 1 is 1.22 bits per heavy atom. The average molecular weight is 431 g/mol. The van der Waals surface area contributed by atoms with Crippen molar-refractivity contribution in [1.82, 2.24) is 9.88 Å². The Bertz CT molecular complexity index is 1180. The van der Waals surface area contributed by atoms with Gasteiger partial charge in [0.25, 0.3) is 0 Å². The van der Waals surface area contributed by atoms with Gasteiger partial charge in [0.2, 0.25) is 5.88 Å². The van der Waals surface area contributed by atoms with Crippen LogP contribution in [0, 0.1) is 11.8 Å². The molecule has 3 aliphatic heterocycles. The summed E-state index contributed by atoms with van der Waals surface area (Å²) in [4.78, 5) is 19.4. The third-order valence-electron chi connectivity index (χ3n) is 6.88. The number of esters is 1. The van der Waals surface area contributed by atoms with Gasteiger partial charge in [-0.2, -0.15) is 0 Å². The molecule has 2 aromatic carbocycles. The first-order valence-electron chi connectivity index (χ1n) is 11.0. The highest BCUT2D eigenvalue weighted by Gasteiger charge is 2.42. The highest BCUT2D eigenvalue weighted by molar-refractivity contribution is 5.94. The molecule has 0 aliphatic carbocycles. The fourth-order valence-corrected chi connectivity index (χ4v) is 5.18. The van der Waals surface area contributed by atoms with Crippen molar-refractivity contribution in [2.75, 3.05) is 13.1 Å². The number of phenolic OH excluding ortho intramolecular Hbond substituents is 1. The quantitative estimate of drug-likeness (QED) is 0.469. The first-order valence-corrected chi connectivity index (χ1v) is 11.0. The zero-order valence-electron chi connectivity index (χ0n) is 17.7. The van der Waals surface area contributed by atoms with Crippen LogP contribution in [0.1, 0.15) is 34.9 Å². The molecule has 4 heterocycles. The Kier molecular flexibility index (Phi) is 5.41. The molecule has 3 fully saturated rings. The van der Waals surface area contributed by atoms with Gasteiger partial charge >= 0.3 is 5.97 Å². The van der Waals surface area contributed by atoms with Crippen LogP contribution in [-0.2, 0) is 0 Å². The Morgan fingerprint density at radius 2 is 2.00 bits per heavy atom. The lowest BCUT2D eigenvalue weighted by molar-refractivity contribution is -0.0445. The Hall–Kier alpha value is -3.22. The summed E-state index contributed by atoms with van der Waals surface area (Å²) < 4.78 is 5.52. The van der Waals surface area contributed by atoms with Gasteiger partial charge in [-0.05, 0) is 55.0 Å². The van der Waals surface area contributed by atoms with Gasteiger partial charge < -0.3 is 14.9 Å². The highest BCUT2D eigenvalue weighted by atomic mass is 16.5. The normalized spacial score (nSPS) is 25.4. The zero-order valence-corrected chi connectivity index (χ0v) is 17.7. The zero-order chi connectivity index (χ0) is 22.2. The van der Waals surface area contributed by atoms with Crippen LogP contribution in [0.5, 0.6) is 11.6 Å². The third kappa shape index (κ3) is 3.66. The van der Waals surface area contributed by atoms with Gasteiger partial charge in [-0.1, -0.05) is 36.4 Å². The summed E-state index contributed by atoms with van der Waals surface area (Å²) in [5, 5.41) is 22.3. The Balaban J connectivity index is 1.48. The van der Waals surface area contributed by atoms with E-state index in [0.29, 0.717) is 22.9 Å². The second kappa shape index (κ2) is 8.37. The van der Waals surface area contributed by atoms with Crippen molar-refractivity contribution in [3.8, 4) is 11.6 Å². The van der Waals surface area contributed by atoms with E-state index in [9.17, 15) is 15.0 Å². The molecule has 6 heteroatoms. The number of phenols is 1. The van der Waals surface area contributed by atoms with E-state index in [0.717, 1.165) is 31.3 Å². The van der Waals surface area contributed by atoms with Gasteiger partial charge in [0.1, 0.15) is 11.3 Å². The maximum atomic E-state index is 12.6. The summed E-state index contributed by atoms with van der Waals surface area (Å²) in [6.07, 6.45) is 3.33. The number of hydrogen-bond donors (Lipinski definition) is 2. The number of rotatable bonds is 5. The van der Waals surface area contributed by atoms with Gasteiger partial charge in [-0.25, -0.2) is 9.78 Å². The number of aromatic hydroxyl groups is 1. The van der Waals surface area contributed by atoms with Gasteiger partial charge in [0.15, 0.2) is 0 Å². The van der Waals surface area contributed by atoms with Gasteiger partial charge in [-0.3, -0.25) is 4.90 Å². The topological polar surface area (TPSA) is 82.9 Å². The molecule has 6 nitrogen and oxygen atoms in total. The molecule has 164 valence electrons. The van der Waals surface area contributed by atoms with Crippen molar-refractivity contribution in [2.45, 2.75) is 25.0 Å². The minimum absolute atomic E-state index is 0.00234. The lowest BCUT2D eigenvalue weighted by atomic mass is 9.73. The lowest BCUT2D eigenvalue weighted by Gasteiger charge is -2.50. The molecule has 2 bridgehead atoms. The number of nitrogens with zero attached hydrogens (tertiary/aromatic N) is 2. The van der Waals surface area contributed by atoms with E-state index in [1.807, 2.05) is 30.3 Å². The number of ether oxygens (including phenoxy) is 1. The molecule has 2 N–H and O–H groups in total. The van der Waals surface area contributed by atoms with E-state index in [2.05, 4.69) is 16.5 Å². The van der Waals surface area contributed by atoms with Gasteiger partial charge in [0.05, 0.1) is 11.6 Å². The number of benzene rings is 2. The Morgan fingerprint density at radius 3 is 2.75 bits per heavy atom. The van der Waals surface area contributed by atoms with Crippen LogP contribution in [0.15, 0.2) is 67.3 Å². The van der Waals surface area contributed by atoms with E-state index < -0.39 is 12.1 Å². The number of aromatic nitrogens is 1. The summed E-state index contributed by atoms with van der Waals surface area (Å²) in [7, 11) is 0. The number of hydrogen-bond acceptors (Lipinski definition) is 6. The molecule has 0 amide bonds. The molecular formula is C26H26N2O4. The number of carbonyl (C=O) groups excluding carboxylic acids is 1. The Labute approximate surface area is 186 Å². The molecule has 32 heavy (non-hydrogen) atoms. The number of pyridine rings is 1. The SMILES string of the molecule is C=C[C@@H]1CN2CC[C@H]1C[C@H]2[C@H](O)c1cc(OC(=O)c2ccccc2O)nc2ccccc12. The van der Waals surface area contributed by atoms with Crippen molar-refractivity contribution in [2.24, 2.45) is 11.8 Å². The lowest BCUT2D eigenvalue weighted by Crippen LogP contribution is -2.54. The van der Waals surface area contributed by atoms with Crippen LogP contribution in [0.3, 0.4) is 0 Å². The summed E-state index contributed by atoms with van der Waals surface area (Å²) in [6, 6.07) is 15.4. The van der Waals surface area contributed by atoms with Crippen LogP contribution in [-0.4, -0.2) is 45.2 Å². The summed E-state index contributed by atoms with van der Waals surface area (Å²) in [5.74, 6) is 0.257. The molecular weight excluding hydrogens is 404 g/mol. The fourth-order valence-electron chi connectivity index (χ4n) is 5.18. The molecule has 0 radical (unpaired) electrons. The third-order valence-corrected chi connectivity index (χ3v) is 6.88. The van der Waals surface area contributed by atoms with Crippen molar-refractivity contribution in [1.29, 1.82) is 0 Å². The van der Waals surface area contributed by atoms with Crippen molar-refractivity contribution in [3.05, 3.63) is 78.4 Å². The van der Waals surface area contributed by atoms with Crippen LogP contribution in [0.4, 0.5) is 0 Å².